The molecule has 2 radical (unpaired) electrons. The highest BCUT2D eigenvalue weighted by Crippen LogP contribution is 2.26. The normalized spacial score (nSPS) is 11.3. The monoisotopic (exact) mass is 286 g/mol. The van der Waals surface area contributed by atoms with E-state index >= 15 is 0 Å². The van der Waals surface area contributed by atoms with Crippen molar-refractivity contribution in [2.75, 3.05) is 5.73 Å². The van der Waals surface area contributed by atoms with E-state index in [-0.39, 0.29) is 11.4 Å². The van der Waals surface area contributed by atoms with Crippen molar-refractivity contribution in [1.29, 1.82) is 0 Å². The van der Waals surface area contributed by atoms with Crippen molar-refractivity contribution in [3.63, 3.8) is 0 Å². The third kappa shape index (κ3) is 1.61. The molecular formula is C16H11BN4O. The number of hydrogen-bond donors (Lipinski definition) is 1. The molecule has 0 unspecified atom stereocenters. The molecular weight excluding hydrogens is 275 g/mol. The van der Waals surface area contributed by atoms with E-state index in [1.54, 1.807) is 10.7 Å². The topological polar surface area (TPSA) is 65.8 Å². The summed E-state index contributed by atoms with van der Waals surface area (Å²) in [6, 6.07) is 16.8. The molecule has 104 valence electrons. The van der Waals surface area contributed by atoms with Gasteiger partial charge >= 0.3 is 0 Å². The first-order chi connectivity index (χ1) is 10.7. The Morgan fingerprint density at radius 1 is 1.00 bits per heavy atom. The van der Waals surface area contributed by atoms with E-state index in [1.165, 1.54) is 0 Å². The third-order valence-corrected chi connectivity index (χ3v) is 3.77. The van der Waals surface area contributed by atoms with Gasteiger partial charge in [0.1, 0.15) is 16.7 Å². The predicted octanol–water partition coefficient (Wildman–Crippen LogP) is 1.85. The van der Waals surface area contributed by atoms with E-state index in [0.29, 0.717) is 16.4 Å². The van der Waals surface area contributed by atoms with Crippen LogP contribution >= 0.6 is 0 Å². The Labute approximate surface area is 127 Å². The van der Waals surface area contributed by atoms with E-state index in [9.17, 15) is 4.79 Å². The minimum absolute atomic E-state index is 0.288. The van der Waals surface area contributed by atoms with E-state index < -0.39 is 0 Å². The van der Waals surface area contributed by atoms with Crippen molar-refractivity contribution in [3.8, 4) is 5.69 Å². The molecule has 0 amide bonds. The van der Waals surface area contributed by atoms with Crippen molar-refractivity contribution in [1.82, 2.24) is 14.3 Å². The average molecular weight is 286 g/mol. The third-order valence-electron chi connectivity index (χ3n) is 3.77. The SMILES string of the molecule is [B]n1c(=O)c2c(N)n(-c3ccccc3)nc2c2ccccc21. The summed E-state index contributed by atoms with van der Waals surface area (Å²) in [5.74, 6) is 0.288. The second kappa shape index (κ2) is 4.49. The molecule has 4 rings (SSSR count). The summed E-state index contributed by atoms with van der Waals surface area (Å²) in [5, 5.41) is 5.67. The quantitative estimate of drug-likeness (QED) is 0.543. The molecule has 0 aliphatic rings. The van der Waals surface area contributed by atoms with Crippen LogP contribution in [0.3, 0.4) is 0 Å². The lowest BCUT2D eigenvalue weighted by molar-refractivity contribution is 0.909. The van der Waals surface area contributed by atoms with Crippen molar-refractivity contribution in [2.24, 2.45) is 0 Å². The number of pyridine rings is 1. The first-order valence-corrected chi connectivity index (χ1v) is 6.81. The fourth-order valence-corrected chi connectivity index (χ4v) is 2.71. The lowest BCUT2D eigenvalue weighted by Gasteiger charge is -2.05. The van der Waals surface area contributed by atoms with Gasteiger partial charge in [-0.2, -0.15) is 5.10 Å². The Kier molecular flexibility index (Phi) is 2.59. The molecule has 4 aromatic rings. The van der Waals surface area contributed by atoms with Gasteiger partial charge in [-0.05, 0) is 18.2 Å². The number of nitrogens with two attached hydrogens (primary N) is 1. The van der Waals surface area contributed by atoms with Crippen LogP contribution in [0.2, 0.25) is 0 Å². The first-order valence-electron chi connectivity index (χ1n) is 6.81. The van der Waals surface area contributed by atoms with Crippen LogP contribution in [0, 0.1) is 0 Å². The fourth-order valence-electron chi connectivity index (χ4n) is 2.71. The summed E-state index contributed by atoms with van der Waals surface area (Å²) in [6.45, 7) is 0. The maximum atomic E-state index is 12.5. The summed E-state index contributed by atoms with van der Waals surface area (Å²) in [7, 11) is 5.91. The molecule has 2 heterocycles. The summed E-state index contributed by atoms with van der Waals surface area (Å²) in [4.78, 5) is 12.5. The second-order valence-electron chi connectivity index (χ2n) is 5.05. The van der Waals surface area contributed by atoms with E-state index in [4.69, 9.17) is 13.7 Å². The molecule has 6 heteroatoms. The minimum Gasteiger partial charge on any atom is -0.383 e. The molecule has 0 saturated carbocycles. The maximum absolute atomic E-state index is 12.5. The summed E-state index contributed by atoms with van der Waals surface area (Å²) < 4.78 is 2.68. The molecule has 22 heavy (non-hydrogen) atoms. The number of rotatable bonds is 1. The Balaban J connectivity index is 2.21. The van der Waals surface area contributed by atoms with Gasteiger partial charge in [-0.25, -0.2) is 4.68 Å². The highest BCUT2D eigenvalue weighted by Gasteiger charge is 2.17. The van der Waals surface area contributed by atoms with Gasteiger partial charge in [-0.15, -0.1) is 0 Å². The number of nitrogen functional groups attached to an aromatic ring is 1. The Bertz CT molecular complexity index is 1070. The van der Waals surface area contributed by atoms with Gasteiger partial charge in [-0.3, -0.25) is 4.79 Å². The first kappa shape index (κ1) is 12.7. The van der Waals surface area contributed by atoms with E-state index in [0.717, 1.165) is 15.6 Å². The largest absolute Gasteiger partial charge is 0.383 e. The number of para-hydroxylation sites is 2. The molecule has 5 nitrogen and oxygen atoms in total. The predicted molar refractivity (Wildman–Crippen MR) is 88.4 cm³/mol. The summed E-state index contributed by atoms with van der Waals surface area (Å²) >= 11 is 0. The van der Waals surface area contributed by atoms with Gasteiger partial charge in [0.2, 0.25) is 7.98 Å². The van der Waals surface area contributed by atoms with Gasteiger partial charge in [0, 0.05) is 10.9 Å². The maximum Gasteiger partial charge on any atom is 0.251 e. The van der Waals surface area contributed by atoms with Crippen LogP contribution in [-0.2, 0) is 0 Å². The van der Waals surface area contributed by atoms with Crippen LogP contribution in [-0.4, -0.2) is 22.2 Å². The van der Waals surface area contributed by atoms with Gasteiger partial charge in [0.25, 0.3) is 5.56 Å². The number of aromatic nitrogens is 3. The fraction of sp³-hybridized carbons (Fsp3) is 0. The molecule has 0 bridgehead atoms. The molecule has 2 aromatic carbocycles. The Morgan fingerprint density at radius 2 is 1.68 bits per heavy atom. The molecule has 0 saturated heterocycles. The molecule has 0 aliphatic carbocycles. The molecule has 0 aliphatic heterocycles. The zero-order valence-corrected chi connectivity index (χ0v) is 11.6. The minimum atomic E-state index is -0.353. The smallest absolute Gasteiger partial charge is 0.251 e. The van der Waals surface area contributed by atoms with Crippen LogP contribution in [0.1, 0.15) is 0 Å². The molecule has 2 aromatic heterocycles. The van der Waals surface area contributed by atoms with Crippen molar-refractivity contribution < 1.29 is 0 Å². The summed E-state index contributed by atoms with van der Waals surface area (Å²) in [6.07, 6.45) is 0. The van der Waals surface area contributed by atoms with Crippen molar-refractivity contribution in [3.05, 3.63) is 65.0 Å². The Hall–Kier alpha value is -3.02. The van der Waals surface area contributed by atoms with Crippen LogP contribution < -0.4 is 11.3 Å². The van der Waals surface area contributed by atoms with Crippen LogP contribution in [0.25, 0.3) is 27.5 Å². The number of fused-ring (bicyclic) bond motifs is 3. The van der Waals surface area contributed by atoms with Crippen LogP contribution in [0.15, 0.2) is 59.4 Å². The van der Waals surface area contributed by atoms with Gasteiger partial charge < -0.3 is 10.2 Å². The second-order valence-corrected chi connectivity index (χ2v) is 5.05. The van der Waals surface area contributed by atoms with Gasteiger partial charge in [0.05, 0.1) is 5.69 Å². The number of hydrogen-bond acceptors (Lipinski definition) is 3. The highest BCUT2D eigenvalue weighted by molar-refractivity contribution is 6.16. The molecule has 0 spiro atoms. The van der Waals surface area contributed by atoms with Crippen molar-refractivity contribution in [2.45, 2.75) is 0 Å². The standard InChI is InChI=1S/C16H11BN4O/c17-20-12-9-5-4-8-11(12)14-13(16(20)22)15(18)21(19-14)10-6-2-1-3-7-10/h1-9H,18H2. The molecule has 0 atom stereocenters. The summed E-state index contributed by atoms with van der Waals surface area (Å²) in [5.41, 5.74) is 7.79. The zero-order chi connectivity index (χ0) is 15.3. The number of benzene rings is 2. The van der Waals surface area contributed by atoms with Crippen molar-refractivity contribution >= 4 is 35.6 Å². The lowest BCUT2D eigenvalue weighted by Crippen LogP contribution is -2.19. The molecule has 2 N–H and O–H groups in total. The van der Waals surface area contributed by atoms with Gasteiger partial charge in [0.15, 0.2) is 0 Å². The molecule has 0 fully saturated rings. The average Bonchev–Trinajstić information content (AvgIpc) is 2.91. The Morgan fingerprint density at radius 3 is 2.45 bits per heavy atom. The van der Waals surface area contributed by atoms with Crippen LogP contribution in [0.5, 0.6) is 0 Å². The lowest BCUT2D eigenvalue weighted by atomic mass is 10.1. The zero-order valence-electron chi connectivity index (χ0n) is 11.6. The number of nitrogens with zero attached hydrogens (tertiary/aromatic N) is 3. The van der Waals surface area contributed by atoms with Gasteiger partial charge in [-0.1, -0.05) is 36.4 Å². The van der Waals surface area contributed by atoms with Crippen LogP contribution in [0.4, 0.5) is 5.82 Å². The van der Waals surface area contributed by atoms with E-state index in [2.05, 4.69) is 5.10 Å². The van der Waals surface area contributed by atoms with E-state index in [1.807, 2.05) is 48.5 Å². The highest BCUT2D eigenvalue weighted by atomic mass is 16.1. The number of anilines is 1.